The number of carbonyl (C=O) groups is 2. The summed E-state index contributed by atoms with van der Waals surface area (Å²) in [7, 11) is 1.59. The molecule has 0 saturated heterocycles. The minimum absolute atomic E-state index is 0.0255. The molecule has 0 bridgehead atoms. The van der Waals surface area contributed by atoms with Crippen molar-refractivity contribution < 1.29 is 19.1 Å². The topological polar surface area (TPSA) is 118 Å². The van der Waals surface area contributed by atoms with Crippen molar-refractivity contribution >= 4 is 23.0 Å². The number of methoxy groups -OCH3 is 1. The van der Waals surface area contributed by atoms with Gasteiger partial charge in [-0.25, -0.2) is 9.97 Å². The summed E-state index contributed by atoms with van der Waals surface area (Å²) in [6.07, 6.45) is 5.99. The van der Waals surface area contributed by atoms with Crippen LogP contribution in [-0.2, 0) is 16.0 Å². The molecule has 2 atom stereocenters. The maximum atomic E-state index is 12.6. The molecule has 4 rings (SSSR count). The lowest BCUT2D eigenvalue weighted by Crippen LogP contribution is -2.35. The number of carbonyl (C=O) groups excluding carboxylic acids is 2. The van der Waals surface area contributed by atoms with E-state index in [4.69, 9.17) is 9.47 Å². The SMILES string of the molecule is COC[C@H](C)NC(=O)c1c[nH]c2ncc(Oc3ccc4c(c3)[C@H](NC(C)=O)CCC4)nc12. The van der Waals surface area contributed by atoms with Gasteiger partial charge in [0.25, 0.3) is 5.91 Å². The number of H-pyrrole nitrogens is 1. The molecule has 0 aliphatic heterocycles. The van der Waals surface area contributed by atoms with Gasteiger partial charge < -0.3 is 25.1 Å². The van der Waals surface area contributed by atoms with Gasteiger partial charge in [-0.15, -0.1) is 0 Å². The number of amides is 2. The first kappa shape index (κ1) is 21.8. The zero-order valence-electron chi connectivity index (χ0n) is 18.4. The Morgan fingerprint density at radius 1 is 1.34 bits per heavy atom. The van der Waals surface area contributed by atoms with Crippen LogP contribution in [0.4, 0.5) is 0 Å². The zero-order valence-corrected chi connectivity index (χ0v) is 18.4. The van der Waals surface area contributed by atoms with Gasteiger partial charge >= 0.3 is 0 Å². The third-order valence-corrected chi connectivity index (χ3v) is 5.43. The number of aryl methyl sites for hydroxylation is 1. The molecule has 1 aliphatic carbocycles. The van der Waals surface area contributed by atoms with Crippen LogP contribution in [0.5, 0.6) is 11.6 Å². The minimum atomic E-state index is -0.265. The van der Waals surface area contributed by atoms with Gasteiger partial charge in [-0.1, -0.05) is 6.07 Å². The third kappa shape index (κ3) is 4.72. The number of rotatable bonds is 7. The molecule has 0 saturated carbocycles. The first-order valence-electron chi connectivity index (χ1n) is 10.7. The van der Waals surface area contributed by atoms with Crippen molar-refractivity contribution in [3.05, 3.63) is 47.3 Å². The molecule has 9 nitrogen and oxygen atoms in total. The molecule has 0 spiro atoms. The van der Waals surface area contributed by atoms with E-state index in [1.807, 2.05) is 25.1 Å². The van der Waals surface area contributed by atoms with Crippen molar-refractivity contribution in [3.63, 3.8) is 0 Å². The smallest absolute Gasteiger partial charge is 0.255 e. The van der Waals surface area contributed by atoms with Crippen molar-refractivity contribution in [2.45, 2.75) is 45.2 Å². The maximum absolute atomic E-state index is 12.6. The average molecular weight is 438 g/mol. The standard InChI is InChI=1S/C23H27N5O4/c1-13(12-31-3)26-23(30)18-10-24-22-21(18)28-20(11-25-22)32-16-8-7-15-5-4-6-19(17(15)9-16)27-14(2)29/h7-11,13,19H,4-6,12H2,1-3H3,(H,24,25)(H,26,30)(H,27,29)/t13-,19+/m0/s1. The molecule has 3 N–H and O–H groups in total. The Balaban J connectivity index is 1.57. The maximum Gasteiger partial charge on any atom is 0.255 e. The number of benzene rings is 1. The number of nitrogens with zero attached hydrogens (tertiary/aromatic N) is 2. The highest BCUT2D eigenvalue weighted by molar-refractivity contribution is 6.04. The molecule has 0 radical (unpaired) electrons. The molecule has 2 amide bonds. The molecule has 2 aromatic heterocycles. The van der Waals surface area contributed by atoms with Crippen LogP contribution in [-0.4, -0.2) is 46.5 Å². The Bertz CT molecular complexity index is 1140. The summed E-state index contributed by atoms with van der Waals surface area (Å²) in [4.78, 5) is 36.0. The molecule has 1 aromatic carbocycles. The van der Waals surface area contributed by atoms with Crippen LogP contribution in [0.1, 0.15) is 54.2 Å². The van der Waals surface area contributed by atoms with Gasteiger partial charge in [0, 0.05) is 26.3 Å². The first-order valence-corrected chi connectivity index (χ1v) is 10.7. The summed E-state index contributed by atoms with van der Waals surface area (Å²) in [6.45, 7) is 3.80. The largest absolute Gasteiger partial charge is 0.437 e. The van der Waals surface area contributed by atoms with Crippen LogP contribution >= 0.6 is 0 Å². The second-order valence-electron chi connectivity index (χ2n) is 8.05. The Kier molecular flexibility index (Phi) is 6.36. The van der Waals surface area contributed by atoms with E-state index in [1.165, 1.54) is 18.7 Å². The molecular weight excluding hydrogens is 410 g/mol. The summed E-state index contributed by atoms with van der Waals surface area (Å²) in [5.74, 6) is 0.565. The van der Waals surface area contributed by atoms with Crippen molar-refractivity contribution in [2.75, 3.05) is 13.7 Å². The molecule has 9 heteroatoms. The van der Waals surface area contributed by atoms with Crippen molar-refractivity contribution in [3.8, 4) is 11.6 Å². The second kappa shape index (κ2) is 9.35. The molecule has 0 fully saturated rings. The van der Waals surface area contributed by atoms with E-state index < -0.39 is 0 Å². The lowest BCUT2D eigenvalue weighted by Gasteiger charge is -2.26. The van der Waals surface area contributed by atoms with E-state index in [1.54, 1.807) is 13.3 Å². The van der Waals surface area contributed by atoms with Crippen LogP contribution in [0.2, 0.25) is 0 Å². The van der Waals surface area contributed by atoms with E-state index in [2.05, 4.69) is 25.6 Å². The summed E-state index contributed by atoms with van der Waals surface area (Å²) in [5.41, 5.74) is 3.58. The van der Waals surface area contributed by atoms with Crippen LogP contribution in [0, 0.1) is 0 Å². The normalized spacial score (nSPS) is 16.3. The van der Waals surface area contributed by atoms with E-state index in [9.17, 15) is 9.59 Å². The van der Waals surface area contributed by atoms with Crippen LogP contribution in [0.3, 0.4) is 0 Å². The molecule has 1 aliphatic rings. The first-order chi connectivity index (χ1) is 15.4. The Hall–Kier alpha value is -3.46. The van der Waals surface area contributed by atoms with Gasteiger partial charge in [-0.05, 0) is 49.4 Å². The lowest BCUT2D eigenvalue weighted by molar-refractivity contribution is -0.119. The Morgan fingerprint density at radius 2 is 2.19 bits per heavy atom. The number of hydrogen-bond donors (Lipinski definition) is 3. The van der Waals surface area contributed by atoms with Gasteiger partial charge in [0.2, 0.25) is 11.8 Å². The van der Waals surface area contributed by atoms with E-state index in [-0.39, 0.29) is 29.8 Å². The summed E-state index contributed by atoms with van der Waals surface area (Å²) in [6, 6.07) is 5.69. The number of hydrogen-bond acceptors (Lipinski definition) is 6. The molecule has 3 aromatic rings. The molecule has 2 heterocycles. The number of fused-ring (bicyclic) bond motifs is 2. The summed E-state index contributed by atoms with van der Waals surface area (Å²) in [5, 5.41) is 5.89. The highest BCUT2D eigenvalue weighted by atomic mass is 16.5. The fourth-order valence-electron chi connectivity index (χ4n) is 4.05. The van der Waals surface area contributed by atoms with Crippen molar-refractivity contribution in [1.82, 2.24) is 25.6 Å². The van der Waals surface area contributed by atoms with E-state index >= 15 is 0 Å². The van der Waals surface area contributed by atoms with Crippen LogP contribution in [0.15, 0.2) is 30.6 Å². The highest BCUT2D eigenvalue weighted by Crippen LogP contribution is 2.33. The van der Waals surface area contributed by atoms with Crippen LogP contribution in [0.25, 0.3) is 11.2 Å². The van der Waals surface area contributed by atoms with Crippen LogP contribution < -0.4 is 15.4 Å². The van der Waals surface area contributed by atoms with Gasteiger partial charge in [-0.2, -0.15) is 0 Å². The second-order valence-corrected chi connectivity index (χ2v) is 8.05. The summed E-state index contributed by atoms with van der Waals surface area (Å²) >= 11 is 0. The molecule has 0 unspecified atom stereocenters. The average Bonchev–Trinajstić information content (AvgIpc) is 3.17. The van der Waals surface area contributed by atoms with Gasteiger partial charge in [-0.3, -0.25) is 9.59 Å². The minimum Gasteiger partial charge on any atom is -0.437 e. The fourth-order valence-corrected chi connectivity index (χ4v) is 4.05. The monoisotopic (exact) mass is 437 g/mol. The quantitative estimate of drug-likeness (QED) is 0.523. The number of aromatic nitrogens is 3. The molecule has 168 valence electrons. The lowest BCUT2D eigenvalue weighted by atomic mass is 9.87. The van der Waals surface area contributed by atoms with Gasteiger partial charge in [0.1, 0.15) is 11.3 Å². The summed E-state index contributed by atoms with van der Waals surface area (Å²) < 4.78 is 11.0. The fraction of sp³-hybridized carbons (Fsp3) is 0.391. The van der Waals surface area contributed by atoms with Gasteiger partial charge in [0.05, 0.1) is 24.4 Å². The number of aromatic amines is 1. The Labute approximate surface area is 185 Å². The van der Waals surface area contributed by atoms with Gasteiger partial charge in [0.15, 0.2) is 5.65 Å². The van der Waals surface area contributed by atoms with Crippen molar-refractivity contribution in [2.24, 2.45) is 0 Å². The van der Waals surface area contributed by atoms with E-state index in [0.717, 1.165) is 24.8 Å². The molecule has 32 heavy (non-hydrogen) atoms. The zero-order chi connectivity index (χ0) is 22.7. The van der Waals surface area contributed by atoms with Crippen molar-refractivity contribution in [1.29, 1.82) is 0 Å². The molecular formula is C23H27N5O4. The number of ether oxygens (including phenoxy) is 2. The number of nitrogens with one attached hydrogen (secondary N) is 3. The highest BCUT2D eigenvalue weighted by Gasteiger charge is 2.22. The Morgan fingerprint density at radius 3 is 2.97 bits per heavy atom. The predicted molar refractivity (Wildman–Crippen MR) is 119 cm³/mol. The predicted octanol–water partition coefficient (Wildman–Crippen LogP) is 3.03. The van der Waals surface area contributed by atoms with E-state index in [0.29, 0.717) is 29.1 Å². The third-order valence-electron chi connectivity index (χ3n) is 5.43.